The second-order valence-electron chi connectivity index (χ2n) is 5.15. The van der Waals surface area contributed by atoms with Gasteiger partial charge in [-0.2, -0.15) is 5.10 Å². The van der Waals surface area contributed by atoms with Crippen LogP contribution in [0.4, 0.5) is 0 Å². The third kappa shape index (κ3) is 2.82. The molecule has 1 aromatic rings. The van der Waals surface area contributed by atoms with Crippen LogP contribution in [0.2, 0.25) is 0 Å². The van der Waals surface area contributed by atoms with Gasteiger partial charge >= 0.3 is 0 Å². The van der Waals surface area contributed by atoms with E-state index in [0.717, 1.165) is 12.1 Å². The number of likely N-dealkylation sites (tertiary alicyclic amines) is 1. The number of aromatic nitrogens is 2. The van der Waals surface area contributed by atoms with E-state index in [9.17, 15) is 9.59 Å². The van der Waals surface area contributed by atoms with E-state index in [4.69, 9.17) is 11.5 Å². The van der Waals surface area contributed by atoms with Gasteiger partial charge in [-0.1, -0.05) is 0 Å². The number of nitrogens with two attached hydrogens (primary N) is 2. The number of rotatable bonds is 5. The fourth-order valence-electron chi connectivity index (χ4n) is 2.47. The first kappa shape index (κ1) is 14.5. The third-order valence-corrected chi connectivity index (χ3v) is 3.79. The van der Waals surface area contributed by atoms with Crippen LogP contribution in [0, 0.1) is 12.8 Å². The lowest BCUT2D eigenvalue weighted by molar-refractivity contribution is -0.121. The molecule has 7 nitrogen and oxygen atoms in total. The zero-order valence-electron chi connectivity index (χ0n) is 11.7. The maximum Gasteiger partial charge on any atom is 0.257 e. The van der Waals surface area contributed by atoms with E-state index in [-0.39, 0.29) is 17.7 Å². The topological polar surface area (TPSA) is 107 Å². The molecule has 1 unspecified atom stereocenters. The van der Waals surface area contributed by atoms with Gasteiger partial charge in [-0.25, -0.2) is 0 Å². The minimum absolute atomic E-state index is 0.0785. The van der Waals surface area contributed by atoms with Gasteiger partial charge in [0.2, 0.25) is 5.91 Å². The van der Waals surface area contributed by atoms with Crippen molar-refractivity contribution in [1.29, 1.82) is 0 Å². The van der Waals surface area contributed by atoms with Crippen molar-refractivity contribution in [2.45, 2.75) is 26.3 Å². The number of carbonyl (C=O) groups excluding carboxylic acids is 2. The van der Waals surface area contributed by atoms with Gasteiger partial charge in [0.25, 0.3) is 5.91 Å². The molecular weight excluding hydrogens is 258 g/mol. The van der Waals surface area contributed by atoms with E-state index in [1.165, 1.54) is 0 Å². The predicted octanol–water partition coefficient (Wildman–Crippen LogP) is -0.512. The van der Waals surface area contributed by atoms with Crippen LogP contribution in [0.5, 0.6) is 0 Å². The van der Waals surface area contributed by atoms with E-state index >= 15 is 0 Å². The molecule has 4 N–H and O–H groups in total. The summed E-state index contributed by atoms with van der Waals surface area (Å²) in [6.07, 6.45) is 3.05. The SMILES string of the molecule is Cc1c(C(=O)N2CCC(C(N)=O)C2)cnn1CCCN. The van der Waals surface area contributed by atoms with E-state index in [1.807, 2.05) is 6.92 Å². The molecule has 0 aliphatic carbocycles. The van der Waals surface area contributed by atoms with Crippen LogP contribution in [0.15, 0.2) is 6.20 Å². The Balaban J connectivity index is 2.06. The molecule has 2 amide bonds. The van der Waals surface area contributed by atoms with Crippen LogP contribution in [0.25, 0.3) is 0 Å². The van der Waals surface area contributed by atoms with Gasteiger partial charge in [0.15, 0.2) is 0 Å². The van der Waals surface area contributed by atoms with E-state index < -0.39 is 0 Å². The first-order valence-corrected chi connectivity index (χ1v) is 6.85. The molecule has 0 bridgehead atoms. The van der Waals surface area contributed by atoms with E-state index in [0.29, 0.717) is 38.2 Å². The number of carbonyl (C=O) groups is 2. The lowest BCUT2D eigenvalue weighted by atomic mass is 10.1. The van der Waals surface area contributed by atoms with Crippen molar-refractivity contribution >= 4 is 11.8 Å². The zero-order chi connectivity index (χ0) is 14.7. The molecule has 0 spiro atoms. The molecule has 1 atom stereocenters. The minimum Gasteiger partial charge on any atom is -0.369 e. The number of amides is 2. The molecule has 1 aliphatic heterocycles. The van der Waals surface area contributed by atoms with E-state index in [1.54, 1.807) is 15.8 Å². The van der Waals surface area contributed by atoms with E-state index in [2.05, 4.69) is 5.10 Å². The summed E-state index contributed by atoms with van der Waals surface area (Å²) in [6.45, 7) is 4.15. The monoisotopic (exact) mass is 279 g/mol. The Morgan fingerprint density at radius 2 is 2.25 bits per heavy atom. The lowest BCUT2D eigenvalue weighted by Crippen LogP contribution is -2.32. The number of hydrogen-bond acceptors (Lipinski definition) is 4. The van der Waals surface area contributed by atoms with Crippen molar-refractivity contribution in [3.63, 3.8) is 0 Å². The van der Waals surface area contributed by atoms with Crippen molar-refractivity contribution in [2.75, 3.05) is 19.6 Å². The largest absolute Gasteiger partial charge is 0.369 e. The van der Waals surface area contributed by atoms with Gasteiger partial charge in [-0.3, -0.25) is 14.3 Å². The molecular formula is C13H21N5O2. The fourth-order valence-corrected chi connectivity index (χ4v) is 2.47. The minimum atomic E-state index is -0.337. The highest BCUT2D eigenvalue weighted by molar-refractivity contribution is 5.95. The smallest absolute Gasteiger partial charge is 0.257 e. The lowest BCUT2D eigenvalue weighted by Gasteiger charge is -2.15. The van der Waals surface area contributed by atoms with Gasteiger partial charge in [0, 0.05) is 25.3 Å². The Bertz CT molecular complexity index is 511. The highest BCUT2D eigenvalue weighted by Gasteiger charge is 2.31. The molecule has 1 saturated heterocycles. The van der Waals surface area contributed by atoms with Crippen molar-refractivity contribution in [2.24, 2.45) is 17.4 Å². The number of aryl methyl sites for hydroxylation is 1. The van der Waals surface area contributed by atoms with Gasteiger partial charge < -0.3 is 16.4 Å². The highest BCUT2D eigenvalue weighted by Crippen LogP contribution is 2.19. The first-order valence-electron chi connectivity index (χ1n) is 6.85. The van der Waals surface area contributed by atoms with Crippen molar-refractivity contribution in [3.8, 4) is 0 Å². The average Bonchev–Trinajstić information content (AvgIpc) is 3.03. The Labute approximate surface area is 117 Å². The summed E-state index contributed by atoms with van der Waals surface area (Å²) in [7, 11) is 0. The van der Waals surface area contributed by atoms with Gasteiger partial charge in [-0.15, -0.1) is 0 Å². The second-order valence-corrected chi connectivity index (χ2v) is 5.15. The summed E-state index contributed by atoms with van der Waals surface area (Å²) in [5.74, 6) is -0.646. The summed E-state index contributed by atoms with van der Waals surface area (Å²) >= 11 is 0. The molecule has 2 rings (SSSR count). The molecule has 1 aliphatic rings. The molecule has 110 valence electrons. The Kier molecular flexibility index (Phi) is 4.39. The Hall–Kier alpha value is -1.89. The summed E-state index contributed by atoms with van der Waals surface area (Å²) in [4.78, 5) is 25.2. The second kappa shape index (κ2) is 6.04. The van der Waals surface area contributed by atoms with Crippen molar-refractivity contribution in [3.05, 3.63) is 17.5 Å². The number of primary amides is 1. The highest BCUT2D eigenvalue weighted by atomic mass is 16.2. The zero-order valence-corrected chi connectivity index (χ0v) is 11.7. The average molecular weight is 279 g/mol. The molecule has 2 heterocycles. The van der Waals surface area contributed by atoms with Gasteiger partial charge in [-0.05, 0) is 26.3 Å². The number of hydrogen-bond donors (Lipinski definition) is 2. The first-order chi connectivity index (χ1) is 9.54. The maximum absolute atomic E-state index is 12.4. The predicted molar refractivity (Wildman–Crippen MR) is 73.8 cm³/mol. The van der Waals surface area contributed by atoms with Crippen LogP contribution in [-0.2, 0) is 11.3 Å². The molecule has 7 heteroatoms. The molecule has 20 heavy (non-hydrogen) atoms. The van der Waals surface area contributed by atoms with Crippen LogP contribution in [0.1, 0.15) is 28.9 Å². The van der Waals surface area contributed by atoms with Crippen LogP contribution >= 0.6 is 0 Å². The normalized spacial score (nSPS) is 18.5. The molecule has 1 fully saturated rings. The van der Waals surface area contributed by atoms with Crippen LogP contribution in [-0.4, -0.2) is 46.1 Å². The van der Waals surface area contributed by atoms with Gasteiger partial charge in [0.05, 0.1) is 17.7 Å². The molecule has 0 aromatic carbocycles. The summed E-state index contributed by atoms with van der Waals surface area (Å²) < 4.78 is 1.79. The quantitative estimate of drug-likeness (QED) is 0.756. The number of nitrogens with zero attached hydrogens (tertiary/aromatic N) is 3. The van der Waals surface area contributed by atoms with Crippen molar-refractivity contribution < 1.29 is 9.59 Å². The summed E-state index contributed by atoms with van der Waals surface area (Å²) in [5, 5.41) is 4.22. The molecule has 1 aromatic heterocycles. The third-order valence-electron chi connectivity index (χ3n) is 3.79. The standard InChI is InChI=1S/C13H21N5O2/c1-9-11(7-16-18(9)5-2-4-14)13(20)17-6-3-10(8-17)12(15)19/h7,10H,2-6,8,14H2,1H3,(H2,15,19). The molecule has 0 radical (unpaired) electrons. The Morgan fingerprint density at radius 3 is 2.85 bits per heavy atom. The maximum atomic E-state index is 12.4. The fraction of sp³-hybridized carbons (Fsp3) is 0.615. The summed E-state index contributed by atoms with van der Waals surface area (Å²) in [6, 6.07) is 0. The van der Waals surface area contributed by atoms with Crippen molar-refractivity contribution in [1.82, 2.24) is 14.7 Å². The molecule has 0 saturated carbocycles. The van der Waals surface area contributed by atoms with Gasteiger partial charge in [0.1, 0.15) is 0 Å². The summed E-state index contributed by atoms with van der Waals surface area (Å²) in [5.41, 5.74) is 12.2. The Morgan fingerprint density at radius 1 is 1.50 bits per heavy atom. The van der Waals surface area contributed by atoms with Crippen LogP contribution < -0.4 is 11.5 Å². The van der Waals surface area contributed by atoms with Crippen LogP contribution in [0.3, 0.4) is 0 Å².